The summed E-state index contributed by atoms with van der Waals surface area (Å²) in [5, 5.41) is 0. The molecule has 0 radical (unpaired) electrons. The van der Waals surface area contributed by atoms with E-state index in [-0.39, 0.29) is 23.4 Å². The van der Waals surface area contributed by atoms with Crippen molar-refractivity contribution in [3.05, 3.63) is 119 Å². The summed E-state index contributed by atoms with van der Waals surface area (Å²) in [6.07, 6.45) is -1.68. The second-order valence-electron chi connectivity index (χ2n) is 12.5. The molecule has 0 spiro atoms. The van der Waals surface area contributed by atoms with Crippen LogP contribution in [0.1, 0.15) is 74.1 Å². The fourth-order valence-electron chi connectivity index (χ4n) is 6.17. The summed E-state index contributed by atoms with van der Waals surface area (Å²) in [5.41, 5.74) is 4.05. The number of nitrogens with zero attached hydrogens (tertiary/aromatic N) is 1. The van der Waals surface area contributed by atoms with Crippen molar-refractivity contribution in [1.29, 1.82) is 0 Å². The first-order chi connectivity index (χ1) is 21.4. The maximum atomic E-state index is 13.3. The van der Waals surface area contributed by atoms with Crippen LogP contribution in [0.3, 0.4) is 0 Å². The fourth-order valence-corrected chi connectivity index (χ4v) is 6.17. The molecule has 1 saturated heterocycles. The van der Waals surface area contributed by atoms with Gasteiger partial charge in [-0.15, -0.1) is 0 Å². The van der Waals surface area contributed by atoms with E-state index in [0.717, 1.165) is 66.9 Å². The van der Waals surface area contributed by atoms with Crippen molar-refractivity contribution in [3.63, 3.8) is 0 Å². The maximum absolute atomic E-state index is 13.3. The molecule has 1 fully saturated rings. The third-order valence-corrected chi connectivity index (χ3v) is 8.48. The molecular weight excluding hydrogens is 578 g/mol. The molecule has 1 aliphatic rings. The quantitative estimate of drug-likeness (QED) is 0.166. The van der Waals surface area contributed by atoms with Gasteiger partial charge in [0.25, 0.3) is 0 Å². The van der Waals surface area contributed by atoms with Crippen LogP contribution in [0.2, 0.25) is 0 Å². The molecule has 4 aromatic carbocycles. The van der Waals surface area contributed by atoms with Crippen LogP contribution in [0.4, 0.5) is 17.6 Å². The third-order valence-electron chi connectivity index (χ3n) is 8.48. The van der Waals surface area contributed by atoms with Crippen LogP contribution in [0.5, 0.6) is 11.5 Å². The van der Waals surface area contributed by atoms with Crippen LogP contribution < -0.4 is 4.74 Å². The van der Waals surface area contributed by atoms with E-state index in [4.69, 9.17) is 4.74 Å². The Bertz CT molecular complexity index is 1580. The van der Waals surface area contributed by atoms with Gasteiger partial charge in [-0.05, 0) is 121 Å². The number of ether oxygens (including phenoxy) is 1. The van der Waals surface area contributed by atoms with Crippen molar-refractivity contribution in [2.45, 2.75) is 64.6 Å². The van der Waals surface area contributed by atoms with Gasteiger partial charge in [0.1, 0.15) is 23.1 Å². The lowest BCUT2D eigenvalue weighted by molar-refractivity contribution is -0.137. The molecule has 4 aromatic rings. The summed E-state index contributed by atoms with van der Waals surface area (Å²) in [4.78, 5) is 15.2. The number of piperidine rings is 1. The van der Waals surface area contributed by atoms with E-state index in [9.17, 15) is 22.4 Å². The van der Waals surface area contributed by atoms with Crippen LogP contribution in [0, 0.1) is 11.7 Å². The van der Waals surface area contributed by atoms with E-state index >= 15 is 0 Å². The molecule has 2 unspecified atom stereocenters. The summed E-state index contributed by atoms with van der Waals surface area (Å²) in [6, 6.07) is 25.3. The van der Waals surface area contributed by atoms with Gasteiger partial charge in [-0.3, -0.25) is 9.69 Å². The molecule has 1 heterocycles. The highest BCUT2D eigenvalue weighted by Gasteiger charge is 2.30. The largest absolute Gasteiger partial charge is 0.457 e. The monoisotopic (exact) mass is 617 g/mol. The van der Waals surface area contributed by atoms with Crippen molar-refractivity contribution < 1.29 is 27.1 Å². The summed E-state index contributed by atoms with van der Waals surface area (Å²) < 4.78 is 58.8. The molecule has 0 bridgehead atoms. The number of likely N-dealkylation sites (tertiary alicyclic amines) is 1. The average Bonchev–Trinajstić information content (AvgIpc) is 3.01. The zero-order valence-corrected chi connectivity index (χ0v) is 25.9. The predicted molar refractivity (Wildman–Crippen MR) is 170 cm³/mol. The first-order valence-corrected chi connectivity index (χ1v) is 15.5. The lowest BCUT2D eigenvalue weighted by Gasteiger charge is -2.34. The molecule has 236 valence electrons. The van der Waals surface area contributed by atoms with Crippen LogP contribution >= 0.6 is 0 Å². The molecule has 45 heavy (non-hydrogen) atoms. The first-order valence-electron chi connectivity index (χ1n) is 15.5. The molecule has 3 nitrogen and oxygen atoms in total. The Morgan fingerprint density at radius 3 is 2.13 bits per heavy atom. The highest BCUT2D eigenvalue weighted by molar-refractivity contribution is 5.84. The van der Waals surface area contributed by atoms with Crippen molar-refractivity contribution in [2.75, 3.05) is 13.1 Å². The van der Waals surface area contributed by atoms with E-state index < -0.39 is 11.7 Å². The fraction of sp³-hybridized carbons (Fsp3) is 0.342. The molecule has 5 rings (SSSR count). The number of Topliss-reactive ketones (excluding diaryl/α,β-unsaturated/α-hetero) is 1. The highest BCUT2D eigenvalue weighted by atomic mass is 19.4. The van der Waals surface area contributed by atoms with Crippen LogP contribution in [0.15, 0.2) is 91.0 Å². The molecule has 0 amide bonds. The minimum absolute atomic E-state index is 0.0938. The standard InChI is InChI=1S/C38H39F4NO2/c1-25(2)19-37(26(3)44)32-21-30(28-8-10-33(11-9-28)38(40,41)42)20-31(22-32)29-5-4-18-43(24-29)23-27-6-14-35(15-7-27)45-36-16-12-34(39)13-17-36/h6-17,20-22,25,29,37H,4-5,18-19,23-24H2,1-3H3. The Balaban J connectivity index is 1.37. The highest BCUT2D eigenvalue weighted by Crippen LogP contribution is 2.37. The zero-order chi connectivity index (χ0) is 32.1. The zero-order valence-electron chi connectivity index (χ0n) is 25.9. The molecule has 7 heteroatoms. The molecule has 0 saturated carbocycles. The molecular formula is C38H39F4NO2. The lowest BCUT2D eigenvalue weighted by atomic mass is 9.82. The Morgan fingerprint density at radius 2 is 1.53 bits per heavy atom. The molecule has 0 N–H and O–H groups in total. The summed E-state index contributed by atoms with van der Waals surface area (Å²) in [5.74, 6) is 1.30. The molecule has 0 aliphatic carbocycles. The van der Waals surface area contributed by atoms with Gasteiger partial charge >= 0.3 is 6.18 Å². The number of alkyl halides is 3. The number of ketones is 1. The second kappa shape index (κ2) is 14.0. The van der Waals surface area contributed by atoms with Crippen LogP contribution in [-0.4, -0.2) is 23.8 Å². The summed E-state index contributed by atoms with van der Waals surface area (Å²) >= 11 is 0. The summed E-state index contributed by atoms with van der Waals surface area (Å²) in [7, 11) is 0. The number of rotatable bonds is 10. The van der Waals surface area contributed by atoms with Crippen molar-refractivity contribution >= 4 is 5.78 Å². The Hall–Kier alpha value is -3.97. The topological polar surface area (TPSA) is 29.5 Å². The van der Waals surface area contributed by atoms with Gasteiger partial charge in [-0.25, -0.2) is 4.39 Å². The van der Waals surface area contributed by atoms with Crippen molar-refractivity contribution in [2.24, 2.45) is 5.92 Å². The minimum atomic E-state index is -4.40. The number of hydrogen-bond acceptors (Lipinski definition) is 3. The van der Waals surface area contributed by atoms with E-state index in [1.165, 1.54) is 24.3 Å². The van der Waals surface area contributed by atoms with E-state index in [1.807, 2.05) is 30.3 Å². The SMILES string of the molecule is CC(=O)C(CC(C)C)c1cc(-c2ccc(C(F)(F)F)cc2)cc(C2CCCN(Cc3ccc(Oc4ccc(F)cc4)cc3)C2)c1. The van der Waals surface area contributed by atoms with Crippen LogP contribution in [0.25, 0.3) is 11.1 Å². The molecule has 1 aliphatic heterocycles. The van der Waals surface area contributed by atoms with Gasteiger partial charge in [0.05, 0.1) is 5.56 Å². The number of benzene rings is 4. The van der Waals surface area contributed by atoms with Crippen molar-refractivity contribution in [3.8, 4) is 22.6 Å². The van der Waals surface area contributed by atoms with Gasteiger partial charge in [-0.2, -0.15) is 13.2 Å². The third kappa shape index (κ3) is 8.60. The maximum Gasteiger partial charge on any atom is 0.416 e. The normalized spacial score (nSPS) is 16.5. The van der Waals surface area contributed by atoms with E-state index in [1.54, 1.807) is 19.1 Å². The number of halogens is 4. The Labute approximate surface area is 262 Å². The minimum Gasteiger partial charge on any atom is -0.457 e. The van der Waals surface area contributed by atoms with Gasteiger partial charge in [0.2, 0.25) is 0 Å². The lowest BCUT2D eigenvalue weighted by Crippen LogP contribution is -2.34. The van der Waals surface area contributed by atoms with Crippen LogP contribution in [-0.2, 0) is 17.5 Å². The molecule has 2 atom stereocenters. The Kier molecular flexibility index (Phi) is 10.1. The number of carbonyl (C=O) groups excluding carboxylic acids is 1. The van der Waals surface area contributed by atoms with Gasteiger partial charge in [0.15, 0.2) is 0 Å². The molecule has 0 aromatic heterocycles. The number of carbonyl (C=O) groups is 1. The second-order valence-corrected chi connectivity index (χ2v) is 12.5. The van der Waals surface area contributed by atoms with E-state index in [2.05, 4.69) is 30.9 Å². The summed E-state index contributed by atoms with van der Waals surface area (Å²) in [6.45, 7) is 8.37. The number of hydrogen-bond donors (Lipinski definition) is 0. The first kappa shape index (κ1) is 32.4. The van der Waals surface area contributed by atoms with Gasteiger partial charge in [-0.1, -0.05) is 56.3 Å². The van der Waals surface area contributed by atoms with Gasteiger partial charge < -0.3 is 4.74 Å². The van der Waals surface area contributed by atoms with E-state index in [0.29, 0.717) is 29.4 Å². The Morgan fingerprint density at radius 1 is 0.889 bits per heavy atom. The predicted octanol–water partition coefficient (Wildman–Crippen LogP) is 10.4. The average molecular weight is 618 g/mol. The van der Waals surface area contributed by atoms with Crippen molar-refractivity contribution in [1.82, 2.24) is 4.90 Å². The van der Waals surface area contributed by atoms with Gasteiger partial charge in [0, 0.05) is 19.0 Å². The smallest absolute Gasteiger partial charge is 0.416 e.